The fraction of sp³-hybridized carbons (Fsp3) is 0.435. The van der Waals surface area contributed by atoms with E-state index < -0.39 is 34.8 Å². The molecule has 3 aromatic rings. The summed E-state index contributed by atoms with van der Waals surface area (Å²) in [5, 5.41) is 3.92. The lowest BCUT2D eigenvalue weighted by atomic mass is 9.91. The highest BCUT2D eigenvalue weighted by atomic mass is 19.4. The molecular weight excluding hydrogens is 457 g/mol. The van der Waals surface area contributed by atoms with Crippen LogP contribution in [-0.4, -0.2) is 56.5 Å². The molecule has 0 atom stereocenters. The maximum absolute atomic E-state index is 13.9. The van der Waals surface area contributed by atoms with E-state index in [0.717, 1.165) is 12.1 Å². The molecule has 0 unspecified atom stereocenters. The number of halogens is 5. The van der Waals surface area contributed by atoms with Crippen LogP contribution in [0, 0.1) is 11.6 Å². The van der Waals surface area contributed by atoms with E-state index in [1.54, 1.807) is 20.8 Å². The third-order valence-corrected chi connectivity index (χ3v) is 5.79. The summed E-state index contributed by atoms with van der Waals surface area (Å²) in [6.45, 7) is 6.79. The number of aromatic nitrogens is 3. The van der Waals surface area contributed by atoms with Crippen molar-refractivity contribution in [1.82, 2.24) is 24.4 Å². The van der Waals surface area contributed by atoms with Gasteiger partial charge in [-0.2, -0.15) is 18.3 Å². The molecule has 1 fully saturated rings. The molecule has 0 spiro atoms. The summed E-state index contributed by atoms with van der Waals surface area (Å²) in [4.78, 5) is 20.7. The van der Waals surface area contributed by atoms with Crippen LogP contribution in [0.4, 0.5) is 22.0 Å². The number of nitrogens with zero attached hydrogens (tertiary/aromatic N) is 5. The number of fused-ring (bicyclic) bond motifs is 1. The lowest BCUT2D eigenvalue weighted by Crippen LogP contribution is -2.48. The van der Waals surface area contributed by atoms with Crippen molar-refractivity contribution in [2.45, 2.75) is 38.9 Å². The van der Waals surface area contributed by atoms with Crippen LogP contribution < -0.4 is 0 Å². The third kappa shape index (κ3) is 4.75. The quantitative estimate of drug-likeness (QED) is 0.524. The molecule has 1 aliphatic heterocycles. The first-order valence-electron chi connectivity index (χ1n) is 10.8. The van der Waals surface area contributed by atoms with Crippen LogP contribution in [0.5, 0.6) is 0 Å². The van der Waals surface area contributed by atoms with E-state index in [4.69, 9.17) is 0 Å². The molecule has 1 aliphatic rings. The van der Waals surface area contributed by atoms with Gasteiger partial charge in [0.1, 0.15) is 5.69 Å². The summed E-state index contributed by atoms with van der Waals surface area (Å²) >= 11 is 0. The van der Waals surface area contributed by atoms with Crippen LogP contribution in [0.15, 0.2) is 30.3 Å². The first-order chi connectivity index (χ1) is 15.8. The van der Waals surface area contributed by atoms with Crippen LogP contribution in [0.3, 0.4) is 0 Å². The Morgan fingerprint density at radius 2 is 1.71 bits per heavy atom. The van der Waals surface area contributed by atoms with E-state index in [1.807, 2.05) is 4.90 Å². The molecule has 182 valence electrons. The lowest BCUT2D eigenvalue weighted by molar-refractivity contribution is -0.142. The second-order valence-corrected chi connectivity index (χ2v) is 9.36. The summed E-state index contributed by atoms with van der Waals surface area (Å²) in [7, 11) is 0. The van der Waals surface area contributed by atoms with Gasteiger partial charge < -0.3 is 4.90 Å². The Morgan fingerprint density at radius 3 is 2.32 bits per heavy atom. The second-order valence-electron chi connectivity index (χ2n) is 9.36. The molecule has 2 aromatic heterocycles. The summed E-state index contributed by atoms with van der Waals surface area (Å²) in [6.07, 6.45) is -4.68. The molecule has 0 N–H and O–H groups in total. The Bertz CT molecular complexity index is 1220. The average molecular weight is 481 g/mol. The van der Waals surface area contributed by atoms with Crippen molar-refractivity contribution in [1.29, 1.82) is 0 Å². The molecule has 0 radical (unpaired) electrons. The molecule has 3 heterocycles. The van der Waals surface area contributed by atoms with E-state index in [0.29, 0.717) is 17.6 Å². The topological polar surface area (TPSA) is 53.7 Å². The molecule has 4 rings (SSSR count). The van der Waals surface area contributed by atoms with Gasteiger partial charge in [-0.1, -0.05) is 32.9 Å². The minimum atomic E-state index is -4.68. The number of rotatable bonds is 3. The van der Waals surface area contributed by atoms with Crippen LogP contribution in [0.2, 0.25) is 0 Å². The zero-order chi connectivity index (χ0) is 24.8. The molecule has 11 heteroatoms. The Balaban J connectivity index is 1.53. The van der Waals surface area contributed by atoms with Crippen molar-refractivity contribution < 1.29 is 26.7 Å². The van der Waals surface area contributed by atoms with E-state index in [1.165, 1.54) is 23.1 Å². The first kappa shape index (κ1) is 24.1. The molecule has 0 bridgehead atoms. The zero-order valence-corrected chi connectivity index (χ0v) is 19.0. The van der Waals surface area contributed by atoms with Gasteiger partial charge in [-0.05, 0) is 12.1 Å². The second kappa shape index (κ2) is 8.61. The minimum absolute atomic E-state index is 0.0525. The average Bonchev–Trinajstić information content (AvgIpc) is 3.19. The normalized spacial score (nSPS) is 15.8. The van der Waals surface area contributed by atoms with Crippen molar-refractivity contribution in [3.63, 3.8) is 0 Å². The van der Waals surface area contributed by atoms with E-state index in [-0.39, 0.29) is 42.2 Å². The fourth-order valence-electron chi connectivity index (χ4n) is 3.85. The Labute approximate surface area is 193 Å². The van der Waals surface area contributed by atoms with Gasteiger partial charge in [0.2, 0.25) is 0 Å². The fourth-order valence-corrected chi connectivity index (χ4v) is 3.85. The zero-order valence-electron chi connectivity index (χ0n) is 19.0. The smallest absolute Gasteiger partial charge is 0.335 e. The maximum Gasteiger partial charge on any atom is 0.433 e. The number of hydrogen-bond donors (Lipinski definition) is 0. The summed E-state index contributed by atoms with van der Waals surface area (Å²) in [5.74, 6) is -2.32. The Morgan fingerprint density at radius 1 is 1.03 bits per heavy atom. The van der Waals surface area contributed by atoms with Gasteiger partial charge in [0, 0.05) is 49.8 Å². The van der Waals surface area contributed by atoms with Crippen molar-refractivity contribution in [2.75, 3.05) is 26.2 Å². The highest BCUT2D eigenvalue weighted by molar-refractivity contribution is 5.93. The number of benzene rings is 1. The third-order valence-electron chi connectivity index (χ3n) is 5.79. The molecule has 1 saturated heterocycles. The Kier molecular flexibility index (Phi) is 6.09. The van der Waals surface area contributed by atoms with Gasteiger partial charge in [-0.15, -0.1) is 0 Å². The van der Waals surface area contributed by atoms with Crippen molar-refractivity contribution in [3.05, 3.63) is 64.6 Å². The lowest BCUT2D eigenvalue weighted by Gasteiger charge is -2.34. The number of alkyl halides is 3. The van der Waals surface area contributed by atoms with Gasteiger partial charge in [0.25, 0.3) is 5.91 Å². The maximum atomic E-state index is 13.9. The summed E-state index contributed by atoms with van der Waals surface area (Å²) in [6, 6.07) is 6.21. The first-order valence-corrected chi connectivity index (χ1v) is 10.8. The molecule has 0 saturated carbocycles. The highest BCUT2D eigenvalue weighted by Crippen LogP contribution is 2.32. The van der Waals surface area contributed by atoms with E-state index in [9.17, 15) is 26.7 Å². The molecule has 1 amide bonds. The predicted octanol–water partition coefficient (Wildman–Crippen LogP) is 4.28. The molecular formula is C23H24F5N5O. The van der Waals surface area contributed by atoms with Gasteiger partial charge in [-0.25, -0.2) is 18.3 Å². The monoisotopic (exact) mass is 481 g/mol. The minimum Gasteiger partial charge on any atom is -0.335 e. The van der Waals surface area contributed by atoms with Crippen molar-refractivity contribution in [3.8, 4) is 0 Å². The highest BCUT2D eigenvalue weighted by Gasteiger charge is 2.37. The molecule has 6 nitrogen and oxygen atoms in total. The number of carbonyl (C=O) groups excluding carboxylic acids is 1. The van der Waals surface area contributed by atoms with Crippen LogP contribution in [0.1, 0.15) is 48.2 Å². The number of carbonyl (C=O) groups is 1. The number of hydrogen-bond acceptors (Lipinski definition) is 4. The Hall–Kier alpha value is -3.08. The van der Waals surface area contributed by atoms with Gasteiger partial charge in [-0.3, -0.25) is 9.69 Å². The summed E-state index contributed by atoms with van der Waals surface area (Å²) in [5.41, 5.74) is -1.35. The SMILES string of the molecule is CC(C)(C)c1cc(C(F)(F)F)n2nc(C(=O)N3CCN(Cc4cccc(F)c4F)CC3)cc2n1. The van der Waals surface area contributed by atoms with E-state index >= 15 is 0 Å². The van der Waals surface area contributed by atoms with Crippen LogP contribution in [-0.2, 0) is 18.1 Å². The largest absolute Gasteiger partial charge is 0.433 e. The number of amides is 1. The predicted molar refractivity (Wildman–Crippen MR) is 114 cm³/mol. The van der Waals surface area contributed by atoms with Gasteiger partial charge >= 0.3 is 6.18 Å². The van der Waals surface area contributed by atoms with Crippen LogP contribution in [0.25, 0.3) is 5.65 Å². The summed E-state index contributed by atoms with van der Waals surface area (Å²) < 4.78 is 69.1. The van der Waals surface area contributed by atoms with Gasteiger partial charge in [0.15, 0.2) is 23.0 Å². The molecule has 34 heavy (non-hydrogen) atoms. The molecule has 1 aromatic carbocycles. The van der Waals surface area contributed by atoms with Gasteiger partial charge in [0.05, 0.1) is 5.69 Å². The van der Waals surface area contributed by atoms with Crippen molar-refractivity contribution >= 4 is 11.6 Å². The standard InChI is InChI=1S/C23H24F5N5O/c1-22(2,3)17-12-18(23(26,27)28)33-19(29-17)11-16(30-33)21(34)32-9-7-31(8-10-32)13-14-5-4-6-15(24)20(14)25/h4-6,11-12H,7-10,13H2,1-3H3. The van der Waals surface area contributed by atoms with Crippen LogP contribution >= 0.6 is 0 Å². The molecule has 0 aliphatic carbocycles. The number of piperazine rings is 1. The van der Waals surface area contributed by atoms with Crippen molar-refractivity contribution in [2.24, 2.45) is 0 Å². The van der Waals surface area contributed by atoms with E-state index in [2.05, 4.69) is 10.1 Å².